The van der Waals surface area contributed by atoms with E-state index in [0.717, 1.165) is 3.57 Å². The van der Waals surface area contributed by atoms with Crippen LogP contribution in [-0.2, 0) is 4.79 Å². The van der Waals surface area contributed by atoms with Crippen LogP contribution < -0.4 is 5.32 Å². The van der Waals surface area contributed by atoms with E-state index in [4.69, 9.17) is 0 Å². The first-order valence-corrected chi connectivity index (χ1v) is 5.94. The molecule has 0 heterocycles. The zero-order chi connectivity index (χ0) is 12.1. The largest absolute Gasteiger partial charge is 0.388 e. The lowest BCUT2D eigenvalue weighted by atomic mass is 10.0. The summed E-state index contributed by atoms with van der Waals surface area (Å²) in [5.74, 6) is -0.228. The zero-order valence-corrected chi connectivity index (χ0v) is 11.0. The van der Waals surface area contributed by atoms with Crippen molar-refractivity contribution in [2.75, 3.05) is 6.54 Å². The number of halogens is 1. The number of carbonyl (C=O) groups is 1. The number of aliphatic hydroxyl groups excluding tert-OH is 2. The first-order chi connectivity index (χ1) is 7.50. The Morgan fingerprint density at radius 1 is 1.38 bits per heavy atom. The van der Waals surface area contributed by atoms with Crippen molar-refractivity contribution in [2.45, 2.75) is 19.1 Å². The lowest BCUT2D eigenvalue weighted by Crippen LogP contribution is -2.34. The van der Waals surface area contributed by atoms with Crippen LogP contribution in [0.25, 0.3) is 0 Å². The molecule has 0 radical (unpaired) electrons. The van der Waals surface area contributed by atoms with Gasteiger partial charge in [0.2, 0.25) is 5.91 Å². The number of hydrogen-bond acceptors (Lipinski definition) is 3. The second-order valence-corrected chi connectivity index (χ2v) is 4.75. The van der Waals surface area contributed by atoms with Crippen LogP contribution in [0.4, 0.5) is 0 Å². The summed E-state index contributed by atoms with van der Waals surface area (Å²) in [6.07, 6.45) is -1.98. The molecule has 0 saturated heterocycles. The average Bonchev–Trinajstić information content (AvgIpc) is 2.26. The van der Waals surface area contributed by atoms with Crippen LogP contribution in [0.1, 0.15) is 18.6 Å². The lowest BCUT2D eigenvalue weighted by molar-refractivity contribution is -0.119. The Morgan fingerprint density at radius 3 is 2.44 bits per heavy atom. The van der Waals surface area contributed by atoms with Crippen molar-refractivity contribution in [3.05, 3.63) is 33.4 Å². The molecule has 0 aromatic heterocycles. The van der Waals surface area contributed by atoms with E-state index in [1.807, 2.05) is 12.1 Å². The van der Waals surface area contributed by atoms with Gasteiger partial charge >= 0.3 is 0 Å². The number of rotatable bonds is 4. The first kappa shape index (κ1) is 13.4. The molecule has 16 heavy (non-hydrogen) atoms. The minimum Gasteiger partial charge on any atom is -0.388 e. The summed E-state index contributed by atoms with van der Waals surface area (Å²) in [6.45, 7) is 1.41. The number of nitrogens with one attached hydrogen (secondary N) is 1. The van der Waals surface area contributed by atoms with Gasteiger partial charge in [-0.2, -0.15) is 0 Å². The molecule has 1 rings (SSSR count). The Morgan fingerprint density at radius 2 is 1.94 bits per heavy atom. The fourth-order valence-electron chi connectivity index (χ4n) is 1.24. The number of aliphatic hydroxyl groups is 2. The van der Waals surface area contributed by atoms with Crippen molar-refractivity contribution >= 4 is 28.5 Å². The number of benzene rings is 1. The van der Waals surface area contributed by atoms with E-state index in [1.54, 1.807) is 12.1 Å². The van der Waals surface area contributed by atoms with Crippen LogP contribution in [0.5, 0.6) is 0 Å². The molecule has 4 nitrogen and oxygen atoms in total. The molecule has 2 unspecified atom stereocenters. The molecule has 0 aliphatic carbocycles. The Hall–Kier alpha value is -0.660. The Balaban J connectivity index is 2.59. The smallest absolute Gasteiger partial charge is 0.216 e. The van der Waals surface area contributed by atoms with Gasteiger partial charge < -0.3 is 15.5 Å². The summed E-state index contributed by atoms with van der Waals surface area (Å²) in [5.41, 5.74) is 0.637. The van der Waals surface area contributed by atoms with E-state index in [1.165, 1.54) is 6.92 Å². The van der Waals surface area contributed by atoms with E-state index in [2.05, 4.69) is 27.9 Å². The molecule has 3 N–H and O–H groups in total. The van der Waals surface area contributed by atoms with Gasteiger partial charge in [0.15, 0.2) is 0 Å². The normalized spacial score (nSPS) is 14.2. The highest BCUT2D eigenvalue weighted by Crippen LogP contribution is 2.17. The fourth-order valence-corrected chi connectivity index (χ4v) is 1.60. The van der Waals surface area contributed by atoms with Gasteiger partial charge in [-0.25, -0.2) is 0 Å². The average molecular weight is 335 g/mol. The summed E-state index contributed by atoms with van der Waals surface area (Å²) in [6, 6.07) is 7.21. The highest BCUT2D eigenvalue weighted by molar-refractivity contribution is 14.1. The molecule has 1 aromatic rings. The van der Waals surface area contributed by atoms with Gasteiger partial charge in [0, 0.05) is 17.0 Å². The predicted molar refractivity (Wildman–Crippen MR) is 68.8 cm³/mol. The van der Waals surface area contributed by atoms with Crippen molar-refractivity contribution in [3.8, 4) is 0 Å². The molecule has 0 bridgehead atoms. The quantitative estimate of drug-likeness (QED) is 0.714. The summed E-state index contributed by atoms with van der Waals surface area (Å²) in [5, 5.41) is 21.9. The van der Waals surface area contributed by atoms with Crippen molar-refractivity contribution in [1.29, 1.82) is 0 Å². The van der Waals surface area contributed by atoms with Gasteiger partial charge in [0.05, 0.1) is 0 Å². The standard InChI is InChI=1S/C11H14INO3/c1-7(14)13-6-10(15)11(16)8-2-4-9(12)5-3-8/h2-5,10-11,15-16H,6H2,1H3,(H,13,14). The molecule has 0 aliphatic heterocycles. The van der Waals surface area contributed by atoms with E-state index >= 15 is 0 Å². The van der Waals surface area contributed by atoms with Crippen LogP contribution in [-0.4, -0.2) is 28.8 Å². The maximum Gasteiger partial charge on any atom is 0.216 e. The van der Waals surface area contributed by atoms with E-state index in [0.29, 0.717) is 5.56 Å². The summed E-state index contributed by atoms with van der Waals surface area (Å²) >= 11 is 2.16. The van der Waals surface area contributed by atoms with Crippen molar-refractivity contribution in [3.63, 3.8) is 0 Å². The molecule has 1 aromatic carbocycles. The summed E-state index contributed by atoms with van der Waals surface area (Å²) in [4.78, 5) is 10.6. The van der Waals surface area contributed by atoms with E-state index in [-0.39, 0.29) is 12.5 Å². The third kappa shape index (κ3) is 4.07. The number of amides is 1. The Bertz CT molecular complexity index is 353. The lowest BCUT2D eigenvalue weighted by Gasteiger charge is -2.18. The Kier molecular flexibility index (Phi) is 5.17. The van der Waals surface area contributed by atoms with Crippen molar-refractivity contribution in [1.82, 2.24) is 5.32 Å². The molecule has 0 saturated carbocycles. The Labute approximate surface area is 108 Å². The molecular formula is C11H14INO3. The molecule has 0 spiro atoms. The van der Waals surface area contributed by atoms with Gasteiger partial charge in [-0.15, -0.1) is 0 Å². The first-order valence-electron chi connectivity index (χ1n) is 4.86. The molecule has 88 valence electrons. The molecule has 5 heteroatoms. The highest BCUT2D eigenvalue weighted by Gasteiger charge is 2.18. The van der Waals surface area contributed by atoms with E-state index in [9.17, 15) is 15.0 Å². The summed E-state index contributed by atoms with van der Waals surface area (Å²) < 4.78 is 1.06. The van der Waals surface area contributed by atoms with Crippen LogP contribution in [0, 0.1) is 3.57 Å². The molecule has 2 atom stereocenters. The predicted octanol–water partition coefficient (Wildman–Crippen LogP) is 0.822. The van der Waals surface area contributed by atoms with Gasteiger partial charge in [-0.05, 0) is 40.3 Å². The minimum atomic E-state index is -0.996. The molecular weight excluding hydrogens is 321 g/mol. The van der Waals surface area contributed by atoms with Gasteiger partial charge in [0.25, 0.3) is 0 Å². The van der Waals surface area contributed by atoms with Crippen LogP contribution in [0.3, 0.4) is 0 Å². The van der Waals surface area contributed by atoms with Crippen LogP contribution in [0.2, 0.25) is 0 Å². The van der Waals surface area contributed by atoms with Crippen LogP contribution in [0.15, 0.2) is 24.3 Å². The number of carbonyl (C=O) groups excluding carboxylic acids is 1. The monoisotopic (exact) mass is 335 g/mol. The maximum atomic E-state index is 10.6. The van der Waals surface area contributed by atoms with Gasteiger partial charge in [0.1, 0.15) is 12.2 Å². The minimum absolute atomic E-state index is 0.0441. The number of hydrogen-bond donors (Lipinski definition) is 3. The SMILES string of the molecule is CC(=O)NCC(O)C(O)c1ccc(I)cc1. The third-order valence-corrected chi connectivity index (χ3v) is 2.86. The van der Waals surface area contributed by atoms with E-state index < -0.39 is 12.2 Å². The second-order valence-electron chi connectivity index (χ2n) is 3.50. The van der Waals surface area contributed by atoms with Gasteiger partial charge in [-0.1, -0.05) is 12.1 Å². The molecule has 1 amide bonds. The topological polar surface area (TPSA) is 69.6 Å². The zero-order valence-electron chi connectivity index (χ0n) is 8.85. The fraction of sp³-hybridized carbons (Fsp3) is 0.364. The third-order valence-electron chi connectivity index (χ3n) is 2.14. The summed E-state index contributed by atoms with van der Waals surface area (Å²) in [7, 11) is 0. The highest BCUT2D eigenvalue weighted by atomic mass is 127. The van der Waals surface area contributed by atoms with Crippen molar-refractivity contribution < 1.29 is 15.0 Å². The molecule has 0 aliphatic rings. The second kappa shape index (κ2) is 6.17. The van der Waals surface area contributed by atoms with Gasteiger partial charge in [-0.3, -0.25) is 4.79 Å². The maximum absolute atomic E-state index is 10.6. The van der Waals surface area contributed by atoms with Crippen molar-refractivity contribution in [2.24, 2.45) is 0 Å². The molecule has 0 fully saturated rings. The van der Waals surface area contributed by atoms with Crippen LogP contribution >= 0.6 is 22.6 Å².